The zero-order valence-corrected chi connectivity index (χ0v) is 18.4. The number of carbonyl (C=O) groups is 1. The first kappa shape index (κ1) is 21.2. The molecule has 0 aliphatic carbocycles. The van der Waals surface area contributed by atoms with Crippen LogP contribution in [-0.2, 0) is 23.1 Å². The minimum Gasteiger partial charge on any atom is -0.497 e. The predicted octanol–water partition coefficient (Wildman–Crippen LogP) is 1.03. The summed E-state index contributed by atoms with van der Waals surface area (Å²) in [5.74, 6) is 1.13. The van der Waals surface area contributed by atoms with E-state index in [-0.39, 0.29) is 24.1 Å². The highest BCUT2D eigenvalue weighted by Gasteiger charge is 2.22. The Labute approximate surface area is 182 Å². The van der Waals surface area contributed by atoms with Gasteiger partial charge in [0, 0.05) is 31.5 Å². The standard InChI is InChI=1S/C21H23N5O6/c1-12-11-25-17-18(23(2)21(29)24(19(17)28)9-8-16(27)32-5)22-20(25)26(12)14-10-13(30-3)6-7-15(14)31-4/h6-7,10-11H,8-9H2,1-5H3. The number of imidazole rings is 2. The second-order valence-corrected chi connectivity index (χ2v) is 7.22. The molecule has 0 fully saturated rings. The van der Waals surface area contributed by atoms with Gasteiger partial charge in [0.15, 0.2) is 11.2 Å². The number of fused-ring (bicyclic) bond motifs is 3. The minimum absolute atomic E-state index is 0.0925. The van der Waals surface area contributed by atoms with E-state index in [0.29, 0.717) is 23.0 Å². The zero-order valence-electron chi connectivity index (χ0n) is 18.4. The van der Waals surface area contributed by atoms with Gasteiger partial charge in [-0.2, -0.15) is 4.98 Å². The van der Waals surface area contributed by atoms with Gasteiger partial charge in [-0.25, -0.2) is 4.79 Å². The van der Waals surface area contributed by atoms with Crippen molar-refractivity contribution >= 4 is 22.9 Å². The fourth-order valence-electron chi connectivity index (χ4n) is 3.78. The molecule has 0 aliphatic heterocycles. The van der Waals surface area contributed by atoms with Crippen molar-refractivity contribution in [2.45, 2.75) is 19.9 Å². The molecule has 0 amide bonds. The van der Waals surface area contributed by atoms with Crippen molar-refractivity contribution in [3.8, 4) is 17.2 Å². The molecule has 4 rings (SSSR count). The molecule has 0 saturated carbocycles. The molecule has 0 unspecified atom stereocenters. The van der Waals surface area contributed by atoms with E-state index >= 15 is 0 Å². The second kappa shape index (κ2) is 7.91. The molecule has 11 nitrogen and oxygen atoms in total. The zero-order chi connectivity index (χ0) is 23.2. The van der Waals surface area contributed by atoms with Gasteiger partial charge in [0.05, 0.1) is 33.4 Å². The highest BCUT2D eigenvalue weighted by Crippen LogP contribution is 2.31. The van der Waals surface area contributed by atoms with Crippen molar-refractivity contribution in [3.63, 3.8) is 0 Å². The van der Waals surface area contributed by atoms with Crippen LogP contribution in [0.2, 0.25) is 0 Å². The van der Waals surface area contributed by atoms with Gasteiger partial charge >= 0.3 is 11.7 Å². The number of rotatable bonds is 6. The Kier molecular flexibility index (Phi) is 5.25. The molecule has 0 N–H and O–H groups in total. The van der Waals surface area contributed by atoms with Crippen LogP contribution in [0.15, 0.2) is 34.0 Å². The fourth-order valence-corrected chi connectivity index (χ4v) is 3.78. The number of aromatic nitrogens is 5. The summed E-state index contributed by atoms with van der Waals surface area (Å²) >= 11 is 0. The lowest BCUT2D eigenvalue weighted by Gasteiger charge is -2.12. The van der Waals surface area contributed by atoms with E-state index in [2.05, 4.69) is 9.72 Å². The summed E-state index contributed by atoms with van der Waals surface area (Å²) in [5, 5.41) is 0. The molecule has 0 aliphatic rings. The fraction of sp³-hybridized carbons (Fsp3) is 0.333. The van der Waals surface area contributed by atoms with E-state index in [1.807, 2.05) is 11.5 Å². The van der Waals surface area contributed by atoms with Gasteiger partial charge in [0.1, 0.15) is 11.5 Å². The number of hydrogen-bond donors (Lipinski definition) is 0. The number of nitrogens with zero attached hydrogens (tertiary/aromatic N) is 5. The number of aryl methyl sites for hydroxylation is 2. The molecule has 168 valence electrons. The molecule has 1 aromatic carbocycles. The molecular weight excluding hydrogens is 418 g/mol. The van der Waals surface area contributed by atoms with Crippen LogP contribution in [0, 0.1) is 6.92 Å². The monoisotopic (exact) mass is 441 g/mol. The van der Waals surface area contributed by atoms with Crippen LogP contribution >= 0.6 is 0 Å². The topological polar surface area (TPSA) is 111 Å². The number of carbonyl (C=O) groups excluding carboxylic acids is 1. The van der Waals surface area contributed by atoms with Crippen LogP contribution in [0.4, 0.5) is 0 Å². The van der Waals surface area contributed by atoms with Crippen LogP contribution in [-0.4, -0.2) is 50.4 Å². The SMILES string of the molecule is COC(=O)CCn1c(=O)c2c(nc3n(-c4cc(OC)ccc4OC)c(C)cn23)n(C)c1=O. The maximum Gasteiger partial charge on any atom is 0.332 e. The highest BCUT2D eigenvalue weighted by molar-refractivity contribution is 5.77. The maximum atomic E-state index is 13.2. The van der Waals surface area contributed by atoms with Crippen LogP contribution in [0.5, 0.6) is 11.5 Å². The van der Waals surface area contributed by atoms with E-state index in [1.54, 1.807) is 43.0 Å². The van der Waals surface area contributed by atoms with Gasteiger partial charge in [0.25, 0.3) is 5.56 Å². The van der Waals surface area contributed by atoms with E-state index in [4.69, 9.17) is 9.47 Å². The lowest BCUT2D eigenvalue weighted by Crippen LogP contribution is -2.39. The summed E-state index contributed by atoms with van der Waals surface area (Å²) in [7, 11) is 5.92. The molecule has 0 radical (unpaired) electrons. The molecular formula is C21H23N5O6. The molecule has 3 heterocycles. The molecule has 11 heteroatoms. The first-order valence-corrected chi connectivity index (χ1v) is 9.81. The summed E-state index contributed by atoms with van der Waals surface area (Å²) < 4.78 is 21.3. The van der Waals surface area contributed by atoms with Gasteiger partial charge < -0.3 is 14.2 Å². The van der Waals surface area contributed by atoms with E-state index in [1.165, 1.54) is 18.7 Å². The number of ether oxygens (including phenoxy) is 3. The molecule has 0 saturated heterocycles. The van der Waals surface area contributed by atoms with Crippen molar-refractivity contribution in [3.05, 3.63) is 50.9 Å². The van der Waals surface area contributed by atoms with Gasteiger partial charge in [0.2, 0.25) is 5.78 Å². The first-order chi connectivity index (χ1) is 15.3. The summed E-state index contributed by atoms with van der Waals surface area (Å²) in [4.78, 5) is 42.2. The third-order valence-corrected chi connectivity index (χ3v) is 5.42. The molecule has 0 spiro atoms. The Morgan fingerprint density at radius 1 is 1.12 bits per heavy atom. The summed E-state index contributed by atoms with van der Waals surface area (Å²) in [5.41, 5.74) is 0.834. The number of esters is 1. The van der Waals surface area contributed by atoms with E-state index in [0.717, 1.165) is 10.3 Å². The quantitative estimate of drug-likeness (QED) is 0.411. The van der Waals surface area contributed by atoms with E-state index in [9.17, 15) is 14.4 Å². The van der Waals surface area contributed by atoms with Crippen molar-refractivity contribution in [2.75, 3.05) is 21.3 Å². The first-order valence-electron chi connectivity index (χ1n) is 9.81. The Balaban J connectivity index is 2.02. The van der Waals surface area contributed by atoms with Gasteiger partial charge in [-0.1, -0.05) is 0 Å². The average Bonchev–Trinajstić information content (AvgIpc) is 3.31. The minimum atomic E-state index is -0.561. The van der Waals surface area contributed by atoms with Crippen molar-refractivity contribution in [2.24, 2.45) is 7.05 Å². The van der Waals surface area contributed by atoms with Crippen molar-refractivity contribution in [1.29, 1.82) is 0 Å². The average molecular weight is 441 g/mol. The smallest absolute Gasteiger partial charge is 0.332 e. The number of hydrogen-bond acceptors (Lipinski definition) is 7. The summed E-state index contributed by atoms with van der Waals surface area (Å²) in [6.07, 6.45) is 1.67. The van der Waals surface area contributed by atoms with Gasteiger partial charge in [-0.05, 0) is 19.1 Å². The van der Waals surface area contributed by atoms with Crippen LogP contribution in [0.1, 0.15) is 12.1 Å². The lowest BCUT2D eigenvalue weighted by molar-refractivity contribution is -0.140. The molecule has 0 atom stereocenters. The van der Waals surface area contributed by atoms with Crippen LogP contribution in [0.25, 0.3) is 22.6 Å². The molecule has 32 heavy (non-hydrogen) atoms. The Hall–Kier alpha value is -4.02. The largest absolute Gasteiger partial charge is 0.497 e. The molecule has 4 aromatic rings. The predicted molar refractivity (Wildman–Crippen MR) is 116 cm³/mol. The summed E-state index contributed by atoms with van der Waals surface area (Å²) in [6, 6.07) is 5.37. The van der Waals surface area contributed by atoms with Crippen molar-refractivity contribution in [1.82, 2.24) is 23.1 Å². The second-order valence-electron chi connectivity index (χ2n) is 7.22. The van der Waals surface area contributed by atoms with Crippen molar-refractivity contribution < 1.29 is 19.0 Å². The third-order valence-electron chi connectivity index (χ3n) is 5.42. The Morgan fingerprint density at radius 3 is 2.53 bits per heavy atom. The van der Waals surface area contributed by atoms with Gasteiger partial charge in [-0.15, -0.1) is 0 Å². The Morgan fingerprint density at radius 2 is 1.88 bits per heavy atom. The summed E-state index contributed by atoms with van der Waals surface area (Å²) in [6.45, 7) is 1.78. The Bertz CT molecular complexity index is 1470. The maximum absolute atomic E-state index is 13.2. The normalized spacial score (nSPS) is 11.3. The van der Waals surface area contributed by atoms with Gasteiger partial charge in [-0.3, -0.25) is 27.7 Å². The van der Waals surface area contributed by atoms with E-state index < -0.39 is 17.2 Å². The number of benzene rings is 1. The molecule has 0 bridgehead atoms. The van der Waals surface area contributed by atoms with Crippen LogP contribution in [0.3, 0.4) is 0 Å². The number of methoxy groups -OCH3 is 3. The molecule has 3 aromatic heterocycles. The third kappa shape index (κ3) is 3.13. The lowest BCUT2D eigenvalue weighted by atomic mass is 10.2. The van der Waals surface area contributed by atoms with Crippen LogP contribution < -0.4 is 20.7 Å². The highest BCUT2D eigenvalue weighted by atomic mass is 16.5.